The average Bonchev–Trinajstić information content (AvgIpc) is 2.89. The molecule has 0 spiro atoms. The van der Waals surface area contributed by atoms with Gasteiger partial charge in [0.05, 0.1) is 25.2 Å². The molecule has 0 aliphatic carbocycles. The number of hydrogen-bond acceptors (Lipinski definition) is 5. The molecular weight excluding hydrogens is 344 g/mol. The number of sulfone groups is 1. The van der Waals surface area contributed by atoms with Gasteiger partial charge in [0, 0.05) is 19.5 Å². The van der Waals surface area contributed by atoms with Gasteiger partial charge in [-0.05, 0) is 30.5 Å². The number of carbonyl (C=O) groups excluding carboxylic acids is 2. The monoisotopic (exact) mass is 368 g/mol. The Labute approximate surface area is 148 Å². The molecule has 138 valence electrons. The lowest BCUT2D eigenvalue weighted by Gasteiger charge is -2.21. The number of nitrogens with one attached hydrogen (secondary N) is 1. The summed E-state index contributed by atoms with van der Waals surface area (Å²) in [4.78, 5) is 25.4. The molecule has 1 fully saturated rings. The predicted octanol–water partition coefficient (Wildman–Crippen LogP) is 0.390. The summed E-state index contributed by atoms with van der Waals surface area (Å²) in [5.74, 6) is 0.291. The molecule has 0 radical (unpaired) electrons. The van der Waals surface area contributed by atoms with Gasteiger partial charge in [-0.25, -0.2) is 8.42 Å². The van der Waals surface area contributed by atoms with Gasteiger partial charge in [0.15, 0.2) is 9.84 Å². The maximum atomic E-state index is 12.1. The normalized spacial score (nSPS) is 18.6. The van der Waals surface area contributed by atoms with Crippen molar-refractivity contribution in [2.45, 2.75) is 25.8 Å². The van der Waals surface area contributed by atoms with Crippen molar-refractivity contribution in [2.75, 3.05) is 31.7 Å². The minimum atomic E-state index is -3.05. The molecule has 1 aromatic rings. The van der Waals surface area contributed by atoms with Gasteiger partial charge in [-0.2, -0.15) is 0 Å². The van der Waals surface area contributed by atoms with E-state index in [1.807, 2.05) is 24.3 Å². The zero-order valence-corrected chi connectivity index (χ0v) is 15.3. The first-order valence-electron chi connectivity index (χ1n) is 8.17. The number of carbonyl (C=O) groups is 2. The van der Waals surface area contributed by atoms with Gasteiger partial charge >= 0.3 is 0 Å². The van der Waals surface area contributed by atoms with E-state index in [0.29, 0.717) is 19.4 Å². The van der Waals surface area contributed by atoms with Crippen LogP contribution in [-0.2, 0) is 25.8 Å². The minimum Gasteiger partial charge on any atom is -0.497 e. The third-order valence-corrected chi connectivity index (χ3v) is 5.95. The van der Waals surface area contributed by atoms with Gasteiger partial charge in [-0.15, -0.1) is 0 Å². The Hall–Kier alpha value is -2.09. The van der Waals surface area contributed by atoms with Crippen LogP contribution >= 0.6 is 0 Å². The van der Waals surface area contributed by atoms with Gasteiger partial charge in [0.1, 0.15) is 5.75 Å². The molecule has 0 saturated carbocycles. The first-order valence-corrected chi connectivity index (χ1v) is 9.99. The van der Waals surface area contributed by atoms with E-state index in [1.54, 1.807) is 7.11 Å². The number of ether oxygens (including phenoxy) is 1. The van der Waals surface area contributed by atoms with Crippen molar-refractivity contribution in [3.05, 3.63) is 29.8 Å². The second-order valence-corrected chi connectivity index (χ2v) is 8.44. The summed E-state index contributed by atoms with van der Waals surface area (Å²) in [7, 11) is -1.45. The van der Waals surface area contributed by atoms with Crippen molar-refractivity contribution >= 4 is 21.7 Å². The molecule has 1 aromatic carbocycles. The highest BCUT2D eigenvalue weighted by Crippen LogP contribution is 2.14. The van der Waals surface area contributed by atoms with Crippen molar-refractivity contribution in [1.29, 1.82) is 0 Å². The Morgan fingerprint density at radius 3 is 2.72 bits per heavy atom. The number of hydrogen-bond donors (Lipinski definition) is 1. The van der Waals surface area contributed by atoms with Crippen molar-refractivity contribution in [3.63, 3.8) is 0 Å². The van der Waals surface area contributed by atoms with E-state index < -0.39 is 9.84 Å². The topological polar surface area (TPSA) is 92.8 Å². The quantitative estimate of drug-likeness (QED) is 0.752. The average molecular weight is 368 g/mol. The second-order valence-electron chi connectivity index (χ2n) is 6.21. The highest BCUT2D eigenvalue weighted by molar-refractivity contribution is 7.91. The largest absolute Gasteiger partial charge is 0.497 e. The summed E-state index contributed by atoms with van der Waals surface area (Å²) in [5.41, 5.74) is 1.01. The molecule has 2 amide bonds. The molecule has 2 rings (SSSR count). The zero-order valence-electron chi connectivity index (χ0n) is 14.5. The van der Waals surface area contributed by atoms with E-state index in [0.717, 1.165) is 11.3 Å². The summed E-state index contributed by atoms with van der Waals surface area (Å²) >= 11 is 0. The van der Waals surface area contributed by atoms with Crippen LogP contribution in [-0.4, -0.2) is 62.9 Å². The first kappa shape index (κ1) is 19.2. The summed E-state index contributed by atoms with van der Waals surface area (Å²) in [5, 5.41) is 2.70. The van der Waals surface area contributed by atoms with Crippen molar-refractivity contribution in [3.8, 4) is 5.75 Å². The molecule has 0 bridgehead atoms. The van der Waals surface area contributed by atoms with Gasteiger partial charge in [0.25, 0.3) is 0 Å². The van der Waals surface area contributed by atoms with Gasteiger partial charge in [0.2, 0.25) is 11.8 Å². The minimum absolute atomic E-state index is 0.0252. The van der Waals surface area contributed by atoms with Crippen molar-refractivity contribution < 1.29 is 22.7 Å². The summed E-state index contributed by atoms with van der Waals surface area (Å²) in [6.07, 6.45) is 1.03. The van der Waals surface area contributed by atoms with Gasteiger partial charge in [-0.3, -0.25) is 9.59 Å². The molecule has 1 atom stereocenters. The van der Waals surface area contributed by atoms with Gasteiger partial charge < -0.3 is 15.0 Å². The smallest absolute Gasteiger partial charge is 0.239 e. The number of benzene rings is 1. The molecule has 1 aliphatic rings. The SMILES string of the molecule is COc1cccc(CCN(CC(=O)NC2CCS(=O)(=O)C2)C(C)=O)c1. The summed E-state index contributed by atoms with van der Waals surface area (Å²) in [6, 6.07) is 7.19. The van der Waals surface area contributed by atoms with E-state index in [-0.39, 0.29) is 35.9 Å². The molecule has 0 aromatic heterocycles. The van der Waals surface area contributed by atoms with Crippen LogP contribution < -0.4 is 10.1 Å². The van der Waals surface area contributed by atoms with Crippen molar-refractivity contribution in [2.24, 2.45) is 0 Å². The van der Waals surface area contributed by atoms with Gasteiger partial charge in [-0.1, -0.05) is 12.1 Å². The molecule has 1 aliphatic heterocycles. The van der Waals surface area contributed by atoms with Crippen LogP contribution in [0.1, 0.15) is 18.9 Å². The Balaban J connectivity index is 1.87. The summed E-state index contributed by atoms with van der Waals surface area (Å²) < 4.78 is 28.0. The number of amides is 2. The molecule has 1 heterocycles. The lowest BCUT2D eigenvalue weighted by molar-refractivity contribution is -0.134. The Morgan fingerprint density at radius 2 is 2.12 bits per heavy atom. The van der Waals surface area contributed by atoms with Crippen LogP contribution in [0.2, 0.25) is 0 Å². The lowest BCUT2D eigenvalue weighted by atomic mass is 10.1. The number of rotatable bonds is 7. The Kier molecular flexibility index (Phi) is 6.41. The Bertz CT molecular complexity index is 732. The Morgan fingerprint density at radius 1 is 1.36 bits per heavy atom. The van der Waals surface area contributed by atoms with Crippen LogP contribution in [0.4, 0.5) is 0 Å². The van der Waals surface area contributed by atoms with Crippen LogP contribution in [0.3, 0.4) is 0 Å². The van der Waals surface area contributed by atoms with E-state index in [1.165, 1.54) is 11.8 Å². The number of nitrogens with zero attached hydrogens (tertiary/aromatic N) is 1. The van der Waals surface area contributed by atoms with Crippen LogP contribution in [0.25, 0.3) is 0 Å². The fraction of sp³-hybridized carbons (Fsp3) is 0.529. The van der Waals surface area contributed by atoms with Crippen LogP contribution in [0.5, 0.6) is 5.75 Å². The molecule has 1 unspecified atom stereocenters. The highest BCUT2D eigenvalue weighted by atomic mass is 32.2. The fourth-order valence-corrected chi connectivity index (χ4v) is 4.47. The fourth-order valence-electron chi connectivity index (χ4n) is 2.80. The lowest BCUT2D eigenvalue weighted by Crippen LogP contribution is -2.44. The van der Waals surface area contributed by atoms with E-state index in [9.17, 15) is 18.0 Å². The first-order chi connectivity index (χ1) is 11.8. The van der Waals surface area contributed by atoms with Crippen LogP contribution in [0.15, 0.2) is 24.3 Å². The molecule has 8 heteroatoms. The standard InChI is InChI=1S/C17H24N2O5S/c1-13(20)19(8-6-14-4-3-5-16(10-14)24-2)11-17(21)18-15-7-9-25(22,23)12-15/h3-5,10,15H,6-9,11-12H2,1-2H3,(H,18,21). The number of methoxy groups -OCH3 is 1. The predicted molar refractivity (Wildman–Crippen MR) is 94.2 cm³/mol. The molecule has 7 nitrogen and oxygen atoms in total. The zero-order chi connectivity index (χ0) is 18.4. The van der Waals surface area contributed by atoms with E-state index in [2.05, 4.69) is 5.32 Å². The molecule has 1 N–H and O–H groups in total. The molecule has 1 saturated heterocycles. The summed E-state index contributed by atoms with van der Waals surface area (Å²) in [6.45, 7) is 1.74. The second kappa shape index (κ2) is 8.33. The van der Waals surface area contributed by atoms with Crippen LogP contribution in [0, 0.1) is 0 Å². The molecule has 25 heavy (non-hydrogen) atoms. The van der Waals surface area contributed by atoms with E-state index in [4.69, 9.17) is 4.74 Å². The maximum Gasteiger partial charge on any atom is 0.239 e. The third-order valence-electron chi connectivity index (χ3n) is 4.18. The third kappa shape index (κ3) is 6.04. The van der Waals surface area contributed by atoms with Crippen molar-refractivity contribution in [1.82, 2.24) is 10.2 Å². The maximum absolute atomic E-state index is 12.1. The van der Waals surface area contributed by atoms with E-state index >= 15 is 0 Å². The molecular formula is C17H24N2O5S. The highest BCUT2D eigenvalue weighted by Gasteiger charge is 2.29.